The number of hydrogen-bond acceptors (Lipinski definition) is 6. The Bertz CT molecular complexity index is 978. The smallest absolute Gasteiger partial charge is 0.277 e. The van der Waals surface area contributed by atoms with Gasteiger partial charge in [0.15, 0.2) is 17.2 Å². The number of carbonyl (C=O) groups is 2. The fourth-order valence-electron chi connectivity index (χ4n) is 2.17. The van der Waals surface area contributed by atoms with Crippen molar-refractivity contribution in [1.29, 1.82) is 0 Å². The van der Waals surface area contributed by atoms with Gasteiger partial charge in [-0.15, -0.1) is 0 Å². The lowest BCUT2D eigenvalue weighted by atomic mass is 10.2. The van der Waals surface area contributed by atoms with Gasteiger partial charge in [-0.2, -0.15) is 5.10 Å². The van der Waals surface area contributed by atoms with E-state index in [0.29, 0.717) is 0 Å². The summed E-state index contributed by atoms with van der Waals surface area (Å²) >= 11 is 0. The number of rotatable bonds is 5. The number of halogens is 1. The molecule has 0 atom stereocenters. The highest BCUT2D eigenvalue weighted by molar-refractivity contribution is 6.07. The van der Waals surface area contributed by atoms with Crippen molar-refractivity contribution in [2.75, 3.05) is 5.32 Å². The highest BCUT2D eigenvalue weighted by Crippen LogP contribution is 2.22. The lowest BCUT2D eigenvalue weighted by Gasteiger charge is -2.03. The maximum absolute atomic E-state index is 13.7. The van der Waals surface area contributed by atoms with Crippen LogP contribution in [0.15, 0.2) is 35.3 Å². The third kappa shape index (κ3) is 3.29. The van der Waals surface area contributed by atoms with Crippen molar-refractivity contribution >= 4 is 17.5 Å². The van der Waals surface area contributed by atoms with Gasteiger partial charge in [-0.05, 0) is 19.9 Å². The molecule has 0 aliphatic heterocycles. The number of aromatic nitrogens is 4. The molecule has 3 aromatic heterocycles. The zero-order valence-electron chi connectivity index (χ0n) is 13.9. The zero-order chi connectivity index (χ0) is 18.8. The first-order valence-corrected chi connectivity index (χ1v) is 7.62. The van der Waals surface area contributed by atoms with E-state index >= 15 is 0 Å². The number of carbonyl (C=O) groups excluding carboxylic acids is 2. The second kappa shape index (κ2) is 6.75. The number of nitrogens with one attached hydrogen (secondary N) is 1. The number of hydrogen-bond donors (Lipinski definition) is 2. The van der Waals surface area contributed by atoms with E-state index in [2.05, 4.69) is 20.4 Å². The molecule has 3 aromatic rings. The Morgan fingerprint density at radius 2 is 2.15 bits per heavy atom. The van der Waals surface area contributed by atoms with Crippen LogP contribution >= 0.6 is 0 Å². The molecule has 0 fully saturated rings. The quantitative estimate of drug-likeness (QED) is 0.718. The largest absolute Gasteiger partial charge is 0.444 e. The Morgan fingerprint density at radius 3 is 2.81 bits per heavy atom. The Morgan fingerprint density at radius 1 is 1.38 bits per heavy atom. The molecule has 3 rings (SSSR count). The third-order valence-corrected chi connectivity index (χ3v) is 3.48. The van der Waals surface area contributed by atoms with Gasteiger partial charge < -0.3 is 15.5 Å². The summed E-state index contributed by atoms with van der Waals surface area (Å²) in [6.45, 7) is 3.72. The van der Waals surface area contributed by atoms with Crippen LogP contribution in [0.5, 0.6) is 0 Å². The van der Waals surface area contributed by atoms with Gasteiger partial charge in [-0.1, -0.05) is 0 Å². The molecule has 0 radical (unpaired) electrons. The fourth-order valence-corrected chi connectivity index (χ4v) is 2.17. The molecule has 0 spiro atoms. The molecule has 0 aliphatic rings. The lowest BCUT2D eigenvalue weighted by Crippen LogP contribution is -2.18. The zero-order valence-corrected chi connectivity index (χ0v) is 13.9. The molecule has 3 N–H and O–H groups in total. The summed E-state index contributed by atoms with van der Waals surface area (Å²) in [6, 6.07) is 1.34. The summed E-state index contributed by atoms with van der Waals surface area (Å²) in [7, 11) is 0. The number of nitrogens with zero attached hydrogens (tertiary/aromatic N) is 4. The SMILES string of the molecule is CC(C)n1cc(NC(=O)c2coc(-c3ccncc3F)n2)c(C(N)=O)n1. The first-order valence-electron chi connectivity index (χ1n) is 7.62. The summed E-state index contributed by atoms with van der Waals surface area (Å²) in [5.74, 6) is -2.13. The van der Waals surface area contributed by atoms with Gasteiger partial charge in [-0.25, -0.2) is 9.37 Å². The minimum atomic E-state index is -0.778. The van der Waals surface area contributed by atoms with Crippen LogP contribution in [0.3, 0.4) is 0 Å². The molecule has 26 heavy (non-hydrogen) atoms. The van der Waals surface area contributed by atoms with Gasteiger partial charge in [0.2, 0.25) is 5.89 Å². The maximum atomic E-state index is 13.7. The fraction of sp³-hybridized carbons (Fsp3) is 0.188. The molecule has 0 aromatic carbocycles. The van der Waals surface area contributed by atoms with Crippen molar-refractivity contribution in [1.82, 2.24) is 19.7 Å². The highest BCUT2D eigenvalue weighted by atomic mass is 19.1. The first kappa shape index (κ1) is 17.3. The average molecular weight is 358 g/mol. The molecule has 134 valence electrons. The predicted molar refractivity (Wildman–Crippen MR) is 88.8 cm³/mol. The van der Waals surface area contributed by atoms with E-state index in [-0.39, 0.29) is 34.6 Å². The number of oxazole rings is 1. The van der Waals surface area contributed by atoms with Gasteiger partial charge in [0.25, 0.3) is 11.8 Å². The van der Waals surface area contributed by atoms with Crippen LogP contribution in [0.2, 0.25) is 0 Å². The van der Waals surface area contributed by atoms with E-state index < -0.39 is 17.6 Å². The van der Waals surface area contributed by atoms with Crippen molar-refractivity contribution in [2.24, 2.45) is 5.73 Å². The van der Waals surface area contributed by atoms with E-state index in [1.165, 1.54) is 23.1 Å². The summed E-state index contributed by atoms with van der Waals surface area (Å²) in [5, 5.41) is 6.56. The Balaban J connectivity index is 1.86. The molecule has 0 saturated carbocycles. The van der Waals surface area contributed by atoms with E-state index in [4.69, 9.17) is 10.2 Å². The number of amides is 2. The number of pyridine rings is 1. The number of nitrogens with two attached hydrogens (primary N) is 1. The summed E-state index contributed by atoms with van der Waals surface area (Å²) < 4.78 is 20.4. The average Bonchev–Trinajstić information content (AvgIpc) is 3.22. The van der Waals surface area contributed by atoms with Gasteiger partial charge in [-0.3, -0.25) is 19.3 Å². The second-order valence-electron chi connectivity index (χ2n) is 5.68. The van der Waals surface area contributed by atoms with Crippen molar-refractivity contribution in [2.45, 2.75) is 19.9 Å². The predicted octanol–water partition coefficient (Wildman–Crippen LogP) is 2.00. The number of primary amides is 1. The van der Waals surface area contributed by atoms with Crippen LogP contribution in [0.1, 0.15) is 40.9 Å². The number of anilines is 1. The molecule has 10 heteroatoms. The lowest BCUT2D eigenvalue weighted by molar-refractivity contribution is 0.0995. The highest BCUT2D eigenvalue weighted by Gasteiger charge is 2.21. The minimum absolute atomic E-state index is 0.0351. The van der Waals surface area contributed by atoms with Crippen molar-refractivity contribution in [3.8, 4) is 11.5 Å². The molecule has 9 nitrogen and oxygen atoms in total. The van der Waals surface area contributed by atoms with Crippen LogP contribution in [0.25, 0.3) is 11.5 Å². The van der Waals surface area contributed by atoms with Gasteiger partial charge in [0.1, 0.15) is 6.26 Å². The van der Waals surface area contributed by atoms with Crippen LogP contribution in [0, 0.1) is 5.82 Å². The molecule has 3 heterocycles. The van der Waals surface area contributed by atoms with Crippen LogP contribution in [-0.2, 0) is 0 Å². The monoisotopic (exact) mass is 358 g/mol. The maximum Gasteiger partial charge on any atom is 0.277 e. The molecule has 0 aliphatic carbocycles. The molecule has 0 bridgehead atoms. The molecule has 2 amide bonds. The standard InChI is InChI=1S/C16H15FN6O3/c1-8(2)23-6-11(13(22-23)14(18)24)20-15(25)12-7-26-16(21-12)9-3-4-19-5-10(9)17/h3-8H,1-2H3,(H2,18,24)(H,20,25). The normalized spacial score (nSPS) is 10.9. The minimum Gasteiger partial charge on any atom is -0.444 e. The molecule has 0 unspecified atom stereocenters. The van der Waals surface area contributed by atoms with E-state index in [1.54, 1.807) is 0 Å². The Kier molecular flexibility index (Phi) is 4.48. The van der Waals surface area contributed by atoms with Crippen molar-refractivity contribution in [3.05, 3.63) is 48.1 Å². The van der Waals surface area contributed by atoms with E-state index in [0.717, 1.165) is 12.5 Å². The van der Waals surface area contributed by atoms with Crippen LogP contribution in [-0.4, -0.2) is 31.6 Å². The molecular formula is C16H15FN6O3. The second-order valence-corrected chi connectivity index (χ2v) is 5.68. The van der Waals surface area contributed by atoms with E-state index in [9.17, 15) is 14.0 Å². The first-order chi connectivity index (χ1) is 12.4. The summed E-state index contributed by atoms with van der Waals surface area (Å²) in [6.07, 6.45) is 4.97. The Labute approximate surface area is 147 Å². The topological polar surface area (TPSA) is 129 Å². The van der Waals surface area contributed by atoms with Crippen LogP contribution in [0.4, 0.5) is 10.1 Å². The molecule has 0 saturated heterocycles. The van der Waals surface area contributed by atoms with Crippen LogP contribution < -0.4 is 11.1 Å². The summed E-state index contributed by atoms with van der Waals surface area (Å²) in [5.41, 5.74) is 5.35. The van der Waals surface area contributed by atoms with Crippen molar-refractivity contribution < 1.29 is 18.4 Å². The van der Waals surface area contributed by atoms with Gasteiger partial charge in [0.05, 0.1) is 17.4 Å². The molecular weight excluding hydrogens is 343 g/mol. The van der Waals surface area contributed by atoms with Crippen molar-refractivity contribution in [3.63, 3.8) is 0 Å². The summed E-state index contributed by atoms with van der Waals surface area (Å²) in [4.78, 5) is 31.5. The third-order valence-electron chi connectivity index (χ3n) is 3.48. The van der Waals surface area contributed by atoms with Gasteiger partial charge >= 0.3 is 0 Å². The van der Waals surface area contributed by atoms with E-state index in [1.807, 2.05) is 13.8 Å². The Hall–Kier alpha value is -3.56. The van der Waals surface area contributed by atoms with Gasteiger partial charge in [0, 0.05) is 18.4 Å².